The van der Waals surface area contributed by atoms with Crippen molar-refractivity contribution in [2.24, 2.45) is 11.7 Å². The maximum absolute atomic E-state index is 13.6. The third kappa shape index (κ3) is 7.39. The second-order valence-corrected chi connectivity index (χ2v) is 9.65. The van der Waals surface area contributed by atoms with E-state index in [-0.39, 0.29) is 23.5 Å². The van der Waals surface area contributed by atoms with Crippen LogP contribution in [0.3, 0.4) is 0 Å². The van der Waals surface area contributed by atoms with E-state index < -0.39 is 0 Å². The summed E-state index contributed by atoms with van der Waals surface area (Å²) in [6, 6.07) is 19.2. The van der Waals surface area contributed by atoms with Crippen molar-refractivity contribution in [1.29, 1.82) is 5.26 Å². The molecule has 0 unspecified atom stereocenters. The van der Waals surface area contributed by atoms with Gasteiger partial charge < -0.3 is 21.3 Å². The van der Waals surface area contributed by atoms with E-state index in [1.54, 1.807) is 30.3 Å². The van der Waals surface area contributed by atoms with E-state index in [4.69, 9.17) is 10.7 Å². The lowest BCUT2D eigenvalue weighted by molar-refractivity contribution is -0.132. The summed E-state index contributed by atoms with van der Waals surface area (Å²) in [5.74, 6) is 0.0184. The number of likely N-dealkylation sites (tertiary alicyclic amines) is 1. The number of pyridine rings is 1. The largest absolute Gasteiger partial charge is 0.369 e. The van der Waals surface area contributed by atoms with Gasteiger partial charge >= 0.3 is 0 Å². The first-order chi connectivity index (χ1) is 19.0. The van der Waals surface area contributed by atoms with Gasteiger partial charge in [-0.1, -0.05) is 30.3 Å². The highest BCUT2D eigenvalue weighted by Crippen LogP contribution is 2.25. The highest BCUT2D eigenvalue weighted by molar-refractivity contribution is 5.99. The Morgan fingerprint density at radius 1 is 1.15 bits per heavy atom. The molecule has 1 aromatic heterocycles. The number of piperidine rings is 1. The number of halogens is 1. The lowest BCUT2D eigenvalue weighted by Crippen LogP contribution is -2.44. The van der Waals surface area contributed by atoms with Crippen molar-refractivity contribution in [3.63, 3.8) is 0 Å². The van der Waals surface area contributed by atoms with Gasteiger partial charge in [-0.3, -0.25) is 9.59 Å². The smallest absolute Gasteiger partial charge is 0.255 e. The highest BCUT2D eigenvalue weighted by Gasteiger charge is 2.24. The van der Waals surface area contributed by atoms with Gasteiger partial charge in [-0.05, 0) is 61.1 Å². The third-order valence-corrected chi connectivity index (χ3v) is 6.84. The molecule has 3 aromatic rings. The number of nitrogens with two attached hydrogens (primary N) is 1. The number of anilines is 1. The first kappa shape index (κ1) is 27.7. The first-order valence-corrected chi connectivity index (χ1v) is 13.2. The quantitative estimate of drug-likeness (QED) is 0.368. The Labute approximate surface area is 228 Å². The SMILES string of the molecule is N#Cc1ccccc1-c1ccc(C(=O)NC[C@@H]2CCCN(C(=O)CCN)C2)c(NCCc2cccc(F)c2)n1. The van der Waals surface area contributed by atoms with Crippen LogP contribution in [0.5, 0.6) is 0 Å². The van der Waals surface area contributed by atoms with Crippen molar-refractivity contribution in [2.45, 2.75) is 25.7 Å². The summed E-state index contributed by atoms with van der Waals surface area (Å²) >= 11 is 0. The molecule has 1 atom stereocenters. The first-order valence-electron chi connectivity index (χ1n) is 13.2. The number of nitrogens with zero attached hydrogens (tertiary/aromatic N) is 3. The Bertz CT molecular complexity index is 1360. The van der Waals surface area contributed by atoms with Gasteiger partial charge in [-0.2, -0.15) is 5.26 Å². The van der Waals surface area contributed by atoms with Crippen molar-refractivity contribution in [3.8, 4) is 17.3 Å². The number of amides is 2. The van der Waals surface area contributed by atoms with Gasteiger partial charge in [0.15, 0.2) is 0 Å². The van der Waals surface area contributed by atoms with Crippen LogP contribution in [0.15, 0.2) is 60.7 Å². The molecule has 2 aromatic carbocycles. The minimum absolute atomic E-state index is 0.0516. The fourth-order valence-corrected chi connectivity index (χ4v) is 4.82. The molecule has 0 bridgehead atoms. The average molecular weight is 529 g/mol. The molecule has 0 radical (unpaired) electrons. The van der Waals surface area contributed by atoms with Gasteiger partial charge in [-0.25, -0.2) is 9.37 Å². The summed E-state index contributed by atoms with van der Waals surface area (Å²) in [6.45, 7) is 2.51. The van der Waals surface area contributed by atoms with Gasteiger partial charge in [-0.15, -0.1) is 0 Å². The van der Waals surface area contributed by atoms with Crippen LogP contribution in [0.1, 0.15) is 40.7 Å². The molecule has 2 heterocycles. The van der Waals surface area contributed by atoms with Crippen molar-refractivity contribution >= 4 is 17.6 Å². The molecule has 0 aliphatic carbocycles. The molecule has 202 valence electrons. The van der Waals surface area contributed by atoms with Crippen molar-refractivity contribution in [3.05, 3.63) is 83.2 Å². The molecule has 0 spiro atoms. The monoisotopic (exact) mass is 528 g/mol. The minimum Gasteiger partial charge on any atom is -0.369 e. The van der Waals surface area contributed by atoms with Crippen LogP contribution < -0.4 is 16.4 Å². The maximum atomic E-state index is 13.6. The summed E-state index contributed by atoms with van der Waals surface area (Å²) in [7, 11) is 0. The Kier molecular flexibility index (Phi) is 9.59. The Hall–Kier alpha value is -4.29. The molecule has 9 heteroatoms. The minimum atomic E-state index is -0.299. The summed E-state index contributed by atoms with van der Waals surface area (Å²) in [5, 5.41) is 15.8. The number of nitrogens with one attached hydrogen (secondary N) is 2. The summed E-state index contributed by atoms with van der Waals surface area (Å²) in [6.07, 6.45) is 2.68. The number of carbonyl (C=O) groups is 2. The Morgan fingerprint density at radius 3 is 2.79 bits per heavy atom. The normalized spacial score (nSPS) is 14.9. The molecular weight excluding hydrogens is 495 g/mol. The van der Waals surface area contributed by atoms with Crippen LogP contribution in [-0.2, 0) is 11.2 Å². The lowest BCUT2D eigenvalue weighted by Gasteiger charge is -2.33. The average Bonchev–Trinajstić information content (AvgIpc) is 2.96. The van der Waals surface area contributed by atoms with E-state index in [1.165, 1.54) is 12.1 Å². The number of hydrogen-bond donors (Lipinski definition) is 3. The molecule has 1 aliphatic rings. The van der Waals surface area contributed by atoms with E-state index in [2.05, 4.69) is 16.7 Å². The summed E-state index contributed by atoms with van der Waals surface area (Å²) < 4.78 is 13.6. The van der Waals surface area contributed by atoms with Gasteiger partial charge in [0.2, 0.25) is 5.91 Å². The Balaban J connectivity index is 1.50. The second-order valence-electron chi connectivity index (χ2n) is 9.65. The van der Waals surface area contributed by atoms with Crippen molar-refractivity contribution in [2.75, 3.05) is 38.0 Å². The van der Waals surface area contributed by atoms with Crippen LogP contribution in [-0.4, -0.2) is 54.4 Å². The molecule has 1 saturated heterocycles. The van der Waals surface area contributed by atoms with E-state index in [0.29, 0.717) is 67.2 Å². The summed E-state index contributed by atoms with van der Waals surface area (Å²) in [4.78, 5) is 32.1. The fourth-order valence-electron chi connectivity index (χ4n) is 4.82. The standard InChI is InChI=1S/C30H33FN6O2/c31-24-8-3-5-21(17-24)13-15-34-29-26(10-11-27(36-29)25-9-2-1-7-23(25)18-33)30(39)35-19-22-6-4-16-37(20-22)28(38)12-14-32/h1-3,5,7-11,17,22H,4,6,12-16,19-20,32H2,(H,34,36)(H,35,39)/t22-/m0/s1. The van der Waals surface area contributed by atoms with Crippen LogP contribution in [0.4, 0.5) is 10.2 Å². The molecule has 4 N–H and O–H groups in total. The van der Waals surface area contributed by atoms with Crippen molar-refractivity contribution < 1.29 is 14.0 Å². The van der Waals surface area contributed by atoms with Gasteiger partial charge in [0.05, 0.1) is 22.9 Å². The lowest BCUT2D eigenvalue weighted by atomic mass is 9.97. The number of carbonyl (C=O) groups excluding carboxylic acids is 2. The zero-order valence-corrected chi connectivity index (χ0v) is 21.8. The summed E-state index contributed by atoms with van der Waals surface area (Å²) in [5.41, 5.74) is 8.46. The van der Waals surface area contributed by atoms with E-state index in [9.17, 15) is 19.2 Å². The van der Waals surface area contributed by atoms with Gasteiger partial charge in [0.25, 0.3) is 5.91 Å². The molecule has 1 fully saturated rings. The van der Waals surface area contributed by atoms with Gasteiger partial charge in [0, 0.05) is 44.7 Å². The molecule has 0 saturated carbocycles. The predicted octanol–water partition coefficient (Wildman–Crippen LogP) is 3.73. The fraction of sp³-hybridized carbons (Fsp3) is 0.333. The van der Waals surface area contributed by atoms with Crippen LogP contribution in [0.2, 0.25) is 0 Å². The number of hydrogen-bond acceptors (Lipinski definition) is 6. The third-order valence-electron chi connectivity index (χ3n) is 6.84. The van der Waals surface area contributed by atoms with E-state index in [1.807, 2.05) is 23.1 Å². The molecule has 1 aliphatic heterocycles. The topological polar surface area (TPSA) is 124 Å². The zero-order valence-electron chi connectivity index (χ0n) is 21.8. The molecule has 4 rings (SSSR count). The highest BCUT2D eigenvalue weighted by atomic mass is 19.1. The van der Waals surface area contributed by atoms with Crippen molar-refractivity contribution in [1.82, 2.24) is 15.2 Å². The predicted molar refractivity (Wildman–Crippen MR) is 148 cm³/mol. The number of rotatable bonds is 10. The number of aromatic nitrogens is 1. The zero-order chi connectivity index (χ0) is 27.6. The van der Waals surface area contributed by atoms with Crippen LogP contribution in [0.25, 0.3) is 11.3 Å². The molecule has 39 heavy (non-hydrogen) atoms. The van der Waals surface area contributed by atoms with Crippen LogP contribution in [0, 0.1) is 23.1 Å². The van der Waals surface area contributed by atoms with Crippen LogP contribution >= 0.6 is 0 Å². The molecule has 2 amide bonds. The van der Waals surface area contributed by atoms with E-state index >= 15 is 0 Å². The van der Waals surface area contributed by atoms with E-state index in [0.717, 1.165) is 24.9 Å². The van der Waals surface area contributed by atoms with Gasteiger partial charge in [0.1, 0.15) is 11.6 Å². The maximum Gasteiger partial charge on any atom is 0.255 e. The Morgan fingerprint density at radius 2 is 2.00 bits per heavy atom. The number of nitriles is 1. The molecule has 8 nitrogen and oxygen atoms in total. The second kappa shape index (κ2) is 13.5. The molecular formula is C30H33FN6O2. The number of benzene rings is 2.